The summed E-state index contributed by atoms with van der Waals surface area (Å²) >= 11 is 1.39. The van der Waals surface area contributed by atoms with Crippen LogP contribution < -0.4 is 11.1 Å². The number of nitrogens with zero attached hydrogens (tertiary/aromatic N) is 2. The van der Waals surface area contributed by atoms with E-state index in [4.69, 9.17) is 5.73 Å². The Kier molecular flexibility index (Phi) is 3.50. The van der Waals surface area contributed by atoms with Crippen LogP contribution in [0.2, 0.25) is 0 Å². The highest BCUT2D eigenvalue weighted by Crippen LogP contribution is 2.27. The lowest BCUT2D eigenvalue weighted by Gasteiger charge is -2.13. The van der Waals surface area contributed by atoms with E-state index >= 15 is 0 Å². The van der Waals surface area contributed by atoms with Crippen molar-refractivity contribution in [1.29, 1.82) is 0 Å². The molecule has 1 aliphatic rings. The highest BCUT2D eigenvalue weighted by molar-refractivity contribution is 7.15. The molecule has 0 aliphatic heterocycles. The summed E-state index contributed by atoms with van der Waals surface area (Å²) in [4.78, 5) is 11.7. The fourth-order valence-corrected chi connectivity index (χ4v) is 2.68. The molecular formula is C10H16N4OS. The SMILES string of the molecule is Cc1nnc(NC(=O)C[C@@H]2CCC[C@H]2N)s1. The van der Waals surface area contributed by atoms with Gasteiger partial charge >= 0.3 is 0 Å². The first kappa shape index (κ1) is 11.5. The summed E-state index contributed by atoms with van der Waals surface area (Å²) in [6, 6.07) is 0.182. The maximum Gasteiger partial charge on any atom is 0.226 e. The van der Waals surface area contributed by atoms with E-state index in [2.05, 4.69) is 15.5 Å². The highest BCUT2D eigenvalue weighted by Gasteiger charge is 2.26. The van der Waals surface area contributed by atoms with Crippen molar-refractivity contribution < 1.29 is 4.79 Å². The van der Waals surface area contributed by atoms with Crippen LogP contribution in [0.5, 0.6) is 0 Å². The molecule has 0 aromatic carbocycles. The fraction of sp³-hybridized carbons (Fsp3) is 0.700. The van der Waals surface area contributed by atoms with E-state index in [0.717, 1.165) is 24.3 Å². The van der Waals surface area contributed by atoms with E-state index in [0.29, 0.717) is 17.5 Å². The molecule has 0 radical (unpaired) electrons. The van der Waals surface area contributed by atoms with Crippen molar-refractivity contribution in [3.63, 3.8) is 0 Å². The van der Waals surface area contributed by atoms with E-state index in [1.165, 1.54) is 11.3 Å². The number of carbonyl (C=O) groups is 1. The summed E-state index contributed by atoms with van der Waals surface area (Å²) in [7, 11) is 0. The number of carbonyl (C=O) groups excluding carboxylic acids is 1. The lowest BCUT2D eigenvalue weighted by atomic mass is 10.00. The fourth-order valence-electron chi connectivity index (χ4n) is 2.07. The van der Waals surface area contributed by atoms with Crippen LogP contribution in [0.1, 0.15) is 30.7 Å². The third kappa shape index (κ3) is 2.76. The van der Waals surface area contributed by atoms with Crippen molar-refractivity contribution in [2.75, 3.05) is 5.32 Å². The van der Waals surface area contributed by atoms with Crippen LogP contribution in [-0.4, -0.2) is 22.1 Å². The number of hydrogen-bond acceptors (Lipinski definition) is 5. The average Bonchev–Trinajstić information content (AvgIpc) is 2.77. The first-order valence-electron chi connectivity index (χ1n) is 5.50. The van der Waals surface area contributed by atoms with Gasteiger partial charge in [-0.15, -0.1) is 10.2 Å². The minimum Gasteiger partial charge on any atom is -0.327 e. The number of anilines is 1. The van der Waals surface area contributed by atoms with Gasteiger partial charge in [0, 0.05) is 12.5 Å². The van der Waals surface area contributed by atoms with E-state index < -0.39 is 0 Å². The number of aryl methyl sites for hydroxylation is 1. The molecule has 2 rings (SSSR count). The number of rotatable bonds is 3. The van der Waals surface area contributed by atoms with Crippen LogP contribution >= 0.6 is 11.3 Å². The van der Waals surface area contributed by atoms with Crippen molar-refractivity contribution >= 4 is 22.4 Å². The summed E-state index contributed by atoms with van der Waals surface area (Å²) in [5.41, 5.74) is 5.92. The molecule has 1 heterocycles. The Morgan fingerprint density at radius 2 is 2.38 bits per heavy atom. The molecule has 2 atom stereocenters. The number of aromatic nitrogens is 2. The van der Waals surface area contributed by atoms with Gasteiger partial charge in [0.25, 0.3) is 0 Å². The average molecular weight is 240 g/mol. The van der Waals surface area contributed by atoms with Gasteiger partial charge in [-0.25, -0.2) is 0 Å². The number of amides is 1. The van der Waals surface area contributed by atoms with E-state index in [1.807, 2.05) is 6.92 Å². The summed E-state index contributed by atoms with van der Waals surface area (Å²) in [5.74, 6) is 0.326. The molecule has 1 amide bonds. The van der Waals surface area contributed by atoms with Crippen molar-refractivity contribution in [2.24, 2.45) is 11.7 Å². The number of hydrogen-bond donors (Lipinski definition) is 2. The van der Waals surface area contributed by atoms with Gasteiger partial charge in [-0.1, -0.05) is 17.8 Å². The molecule has 88 valence electrons. The minimum absolute atomic E-state index is 0.00139. The van der Waals surface area contributed by atoms with Gasteiger partial charge in [0.05, 0.1) is 0 Å². The predicted molar refractivity (Wildman–Crippen MR) is 63.2 cm³/mol. The van der Waals surface area contributed by atoms with Gasteiger partial charge in [0.1, 0.15) is 5.01 Å². The molecule has 6 heteroatoms. The Morgan fingerprint density at radius 3 is 2.94 bits per heavy atom. The van der Waals surface area contributed by atoms with Gasteiger partial charge in [-0.05, 0) is 25.7 Å². The van der Waals surface area contributed by atoms with Crippen LogP contribution in [0.25, 0.3) is 0 Å². The molecule has 1 aromatic rings. The second-order valence-electron chi connectivity index (χ2n) is 4.23. The van der Waals surface area contributed by atoms with Crippen molar-refractivity contribution in [3.05, 3.63) is 5.01 Å². The summed E-state index contributed by atoms with van der Waals surface area (Å²) < 4.78 is 0. The third-order valence-electron chi connectivity index (χ3n) is 2.94. The van der Waals surface area contributed by atoms with Crippen molar-refractivity contribution in [3.8, 4) is 0 Å². The van der Waals surface area contributed by atoms with Crippen LogP contribution in [0.15, 0.2) is 0 Å². The second kappa shape index (κ2) is 4.88. The molecule has 3 N–H and O–H groups in total. The molecule has 0 bridgehead atoms. The van der Waals surface area contributed by atoms with Gasteiger partial charge in [-0.2, -0.15) is 0 Å². The van der Waals surface area contributed by atoms with Gasteiger partial charge in [0.15, 0.2) is 0 Å². The Labute approximate surface area is 98.4 Å². The zero-order chi connectivity index (χ0) is 11.5. The topological polar surface area (TPSA) is 80.9 Å². The molecule has 0 spiro atoms. The third-order valence-corrected chi connectivity index (χ3v) is 3.69. The molecule has 1 saturated carbocycles. The molecule has 1 aromatic heterocycles. The molecule has 0 saturated heterocycles. The molecular weight excluding hydrogens is 224 g/mol. The Morgan fingerprint density at radius 1 is 1.56 bits per heavy atom. The van der Waals surface area contributed by atoms with E-state index in [1.54, 1.807) is 0 Å². The van der Waals surface area contributed by atoms with Crippen LogP contribution in [0.3, 0.4) is 0 Å². The largest absolute Gasteiger partial charge is 0.327 e. The number of nitrogens with one attached hydrogen (secondary N) is 1. The Balaban J connectivity index is 1.84. The minimum atomic E-state index is -0.00139. The molecule has 16 heavy (non-hydrogen) atoms. The normalized spacial score (nSPS) is 24.6. The molecule has 1 fully saturated rings. The van der Waals surface area contributed by atoms with Gasteiger partial charge < -0.3 is 11.1 Å². The molecule has 1 aliphatic carbocycles. The first-order valence-corrected chi connectivity index (χ1v) is 6.32. The van der Waals surface area contributed by atoms with E-state index in [9.17, 15) is 4.79 Å². The lowest BCUT2D eigenvalue weighted by molar-refractivity contribution is -0.117. The van der Waals surface area contributed by atoms with Gasteiger partial charge in [0.2, 0.25) is 11.0 Å². The maximum atomic E-state index is 11.7. The van der Waals surface area contributed by atoms with Crippen molar-refractivity contribution in [2.45, 2.75) is 38.6 Å². The summed E-state index contributed by atoms with van der Waals surface area (Å²) in [6.07, 6.45) is 3.73. The van der Waals surface area contributed by atoms with Crippen LogP contribution in [0, 0.1) is 12.8 Å². The zero-order valence-corrected chi connectivity index (χ0v) is 10.1. The lowest BCUT2D eigenvalue weighted by Crippen LogP contribution is -2.28. The smallest absolute Gasteiger partial charge is 0.226 e. The zero-order valence-electron chi connectivity index (χ0n) is 9.27. The predicted octanol–water partition coefficient (Wildman–Crippen LogP) is 1.30. The summed E-state index contributed by atoms with van der Waals surface area (Å²) in [6.45, 7) is 1.86. The molecule has 0 unspecified atom stereocenters. The Bertz CT molecular complexity index is 379. The number of nitrogens with two attached hydrogens (primary N) is 1. The molecule has 5 nitrogen and oxygen atoms in total. The highest BCUT2D eigenvalue weighted by atomic mass is 32.1. The standard InChI is InChI=1S/C10H16N4OS/c1-6-13-14-10(16-6)12-9(15)5-7-3-2-4-8(7)11/h7-8H,2-5,11H2,1H3,(H,12,14,15)/t7-,8+/m0/s1. The Hall–Kier alpha value is -1.01. The summed E-state index contributed by atoms with van der Waals surface area (Å²) in [5, 5.41) is 11.9. The van der Waals surface area contributed by atoms with Crippen molar-refractivity contribution in [1.82, 2.24) is 10.2 Å². The maximum absolute atomic E-state index is 11.7. The van der Waals surface area contributed by atoms with E-state index in [-0.39, 0.29) is 11.9 Å². The van der Waals surface area contributed by atoms with Crippen LogP contribution in [-0.2, 0) is 4.79 Å². The first-order chi connectivity index (χ1) is 7.65. The monoisotopic (exact) mass is 240 g/mol. The van der Waals surface area contributed by atoms with Gasteiger partial charge in [-0.3, -0.25) is 4.79 Å². The van der Waals surface area contributed by atoms with Crippen LogP contribution in [0.4, 0.5) is 5.13 Å². The quantitative estimate of drug-likeness (QED) is 0.834. The second-order valence-corrected chi connectivity index (χ2v) is 5.42.